The van der Waals surface area contributed by atoms with Crippen molar-refractivity contribution >= 4 is 38.9 Å². The number of halogens is 2. The topological polar surface area (TPSA) is 37.8 Å². The van der Waals surface area contributed by atoms with E-state index in [1.165, 1.54) is 0 Å². The van der Waals surface area contributed by atoms with Crippen LogP contribution in [0.4, 0.5) is 0 Å². The lowest BCUT2D eigenvalue weighted by Gasteiger charge is -2.20. The van der Waals surface area contributed by atoms with Gasteiger partial charge in [-0.15, -0.1) is 10.2 Å². The van der Waals surface area contributed by atoms with Crippen LogP contribution in [0.25, 0.3) is 10.6 Å². The van der Waals surface area contributed by atoms with Crippen molar-refractivity contribution in [3.05, 3.63) is 32.7 Å². The molecule has 21 heavy (non-hydrogen) atoms. The van der Waals surface area contributed by atoms with Crippen LogP contribution in [-0.2, 0) is 6.42 Å². The van der Waals surface area contributed by atoms with Gasteiger partial charge in [-0.3, -0.25) is 0 Å². The summed E-state index contributed by atoms with van der Waals surface area (Å²) in [6, 6.07) is 5.71. The smallest absolute Gasteiger partial charge is 0.148 e. The Bertz CT molecular complexity index is 607. The molecule has 1 heterocycles. The SMILES string of the molecule is CC(C)(C)NCCCc1nnc(-c2cc(Cl)ccc2Br)s1. The van der Waals surface area contributed by atoms with Crippen LogP contribution in [0.15, 0.2) is 22.7 Å². The summed E-state index contributed by atoms with van der Waals surface area (Å²) < 4.78 is 0.990. The first-order valence-electron chi connectivity index (χ1n) is 6.88. The highest BCUT2D eigenvalue weighted by molar-refractivity contribution is 9.10. The molecule has 1 aromatic carbocycles. The van der Waals surface area contributed by atoms with E-state index in [1.54, 1.807) is 11.3 Å². The monoisotopic (exact) mass is 387 g/mol. The summed E-state index contributed by atoms with van der Waals surface area (Å²) >= 11 is 11.2. The summed E-state index contributed by atoms with van der Waals surface area (Å²) in [6.45, 7) is 7.51. The summed E-state index contributed by atoms with van der Waals surface area (Å²) in [5.74, 6) is 0. The normalized spacial score (nSPS) is 11.9. The molecule has 0 aliphatic heterocycles. The molecule has 0 spiro atoms. The predicted molar refractivity (Wildman–Crippen MR) is 94.1 cm³/mol. The summed E-state index contributed by atoms with van der Waals surface area (Å²) in [5.41, 5.74) is 1.16. The van der Waals surface area contributed by atoms with Gasteiger partial charge >= 0.3 is 0 Å². The molecular weight excluding hydrogens is 370 g/mol. The molecular formula is C15H19BrClN3S. The third-order valence-corrected chi connectivity index (χ3v) is 4.79. The van der Waals surface area contributed by atoms with Crippen LogP contribution < -0.4 is 5.32 Å². The first kappa shape index (κ1) is 16.9. The summed E-state index contributed by atoms with van der Waals surface area (Å²) in [7, 11) is 0. The van der Waals surface area contributed by atoms with Gasteiger partial charge in [0.1, 0.15) is 10.0 Å². The molecule has 0 saturated heterocycles. The molecule has 2 aromatic rings. The van der Waals surface area contributed by atoms with Gasteiger partial charge in [0.05, 0.1) is 0 Å². The lowest BCUT2D eigenvalue weighted by atomic mass is 10.1. The van der Waals surface area contributed by atoms with Crippen molar-refractivity contribution in [1.29, 1.82) is 0 Å². The largest absolute Gasteiger partial charge is 0.312 e. The maximum absolute atomic E-state index is 6.05. The zero-order valence-electron chi connectivity index (χ0n) is 12.4. The average Bonchev–Trinajstić information content (AvgIpc) is 2.85. The molecule has 0 aliphatic rings. The molecule has 0 atom stereocenters. The van der Waals surface area contributed by atoms with Crippen LogP contribution in [0.3, 0.4) is 0 Å². The first-order valence-corrected chi connectivity index (χ1v) is 8.87. The Hall–Kier alpha value is -0.490. The van der Waals surface area contributed by atoms with Gasteiger partial charge in [-0.25, -0.2) is 0 Å². The van der Waals surface area contributed by atoms with Crippen LogP contribution in [0, 0.1) is 0 Å². The molecule has 0 fully saturated rings. The minimum atomic E-state index is 0.165. The third-order valence-electron chi connectivity index (χ3n) is 2.85. The zero-order chi connectivity index (χ0) is 15.5. The van der Waals surface area contributed by atoms with E-state index < -0.39 is 0 Å². The van der Waals surface area contributed by atoms with E-state index in [2.05, 4.69) is 52.2 Å². The van der Waals surface area contributed by atoms with Gasteiger partial charge in [0.15, 0.2) is 0 Å². The molecule has 0 saturated carbocycles. The Balaban J connectivity index is 1.97. The van der Waals surface area contributed by atoms with Gasteiger partial charge in [0.25, 0.3) is 0 Å². The van der Waals surface area contributed by atoms with Gasteiger partial charge in [-0.05, 0) is 51.9 Å². The minimum Gasteiger partial charge on any atom is -0.312 e. The molecule has 3 nitrogen and oxygen atoms in total. The van der Waals surface area contributed by atoms with Crippen LogP contribution in [0.5, 0.6) is 0 Å². The Morgan fingerprint density at radius 2 is 2.05 bits per heavy atom. The van der Waals surface area contributed by atoms with Crippen LogP contribution in [-0.4, -0.2) is 22.3 Å². The molecule has 0 bridgehead atoms. The number of aromatic nitrogens is 2. The number of benzene rings is 1. The second-order valence-corrected chi connectivity index (χ2v) is 8.26. The average molecular weight is 389 g/mol. The molecule has 0 aliphatic carbocycles. The van der Waals surface area contributed by atoms with E-state index in [0.717, 1.165) is 39.4 Å². The van der Waals surface area contributed by atoms with Crippen molar-refractivity contribution in [1.82, 2.24) is 15.5 Å². The summed E-state index contributed by atoms with van der Waals surface area (Å²) in [4.78, 5) is 0. The van der Waals surface area contributed by atoms with Crippen LogP contribution in [0.2, 0.25) is 5.02 Å². The maximum Gasteiger partial charge on any atom is 0.148 e. The van der Waals surface area contributed by atoms with Crippen molar-refractivity contribution in [2.45, 2.75) is 39.2 Å². The fraction of sp³-hybridized carbons (Fsp3) is 0.467. The van der Waals surface area contributed by atoms with Crippen LogP contribution >= 0.6 is 38.9 Å². The van der Waals surface area contributed by atoms with Gasteiger partial charge in [0, 0.05) is 27.0 Å². The second kappa shape index (κ2) is 7.18. The second-order valence-electron chi connectivity index (χ2n) is 5.91. The van der Waals surface area contributed by atoms with E-state index in [-0.39, 0.29) is 5.54 Å². The van der Waals surface area contributed by atoms with Gasteiger partial charge in [0.2, 0.25) is 0 Å². The van der Waals surface area contributed by atoms with Crippen molar-refractivity contribution < 1.29 is 0 Å². The Kier molecular flexibility index (Phi) is 5.77. The Morgan fingerprint density at radius 1 is 1.29 bits per heavy atom. The molecule has 2 rings (SSSR count). The number of nitrogens with one attached hydrogen (secondary N) is 1. The van der Waals surface area contributed by atoms with E-state index in [1.807, 2.05) is 18.2 Å². The molecule has 6 heteroatoms. The number of aryl methyl sites for hydroxylation is 1. The van der Waals surface area contributed by atoms with Gasteiger partial charge in [-0.2, -0.15) is 0 Å². The van der Waals surface area contributed by atoms with Crippen LogP contribution in [0.1, 0.15) is 32.2 Å². The number of hydrogen-bond donors (Lipinski definition) is 1. The van der Waals surface area contributed by atoms with Crippen molar-refractivity contribution in [3.8, 4) is 10.6 Å². The first-order chi connectivity index (χ1) is 9.85. The Labute approximate surface area is 143 Å². The van der Waals surface area contributed by atoms with Gasteiger partial charge < -0.3 is 5.32 Å². The zero-order valence-corrected chi connectivity index (χ0v) is 15.6. The van der Waals surface area contributed by atoms with E-state index >= 15 is 0 Å². The number of hydrogen-bond acceptors (Lipinski definition) is 4. The minimum absolute atomic E-state index is 0.165. The number of nitrogens with zero attached hydrogens (tertiary/aromatic N) is 2. The standard InChI is InChI=1S/C15H19BrClN3S/c1-15(2,3)18-8-4-5-13-19-20-14(21-13)11-9-10(17)6-7-12(11)16/h6-7,9,18H,4-5,8H2,1-3H3. The highest BCUT2D eigenvalue weighted by Crippen LogP contribution is 2.32. The molecule has 0 unspecified atom stereocenters. The lowest BCUT2D eigenvalue weighted by Crippen LogP contribution is -2.36. The molecule has 0 radical (unpaired) electrons. The fourth-order valence-corrected chi connectivity index (χ4v) is 3.48. The van der Waals surface area contributed by atoms with Crippen molar-refractivity contribution in [2.24, 2.45) is 0 Å². The lowest BCUT2D eigenvalue weighted by molar-refractivity contribution is 0.422. The quantitative estimate of drug-likeness (QED) is 0.737. The Morgan fingerprint density at radius 3 is 2.76 bits per heavy atom. The van der Waals surface area contributed by atoms with E-state index in [4.69, 9.17) is 11.6 Å². The molecule has 1 N–H and O–H groups in total. The molecule has 0 amide bonds. The fourth-order valence-electron chi connectivity index (χ4n) is 1.83. The summed E-state index contributed by atoms with van der Waals surface area (Å²) in [5, 5.41) is 14.7. The van der Waals surface area contributed by atoms with Crippen molar-refractivity contribution in [2.75, 3.05) is 6.54 Å². The third kappa shape index (κ3) is 5.33. The molecule has 114 valence electrons. The summed E-state index contributed by atoms with van der Waals surface area (Å²) in [6.07, 6.45) is 2.00. The maximum atomic E-state index is 6.05. The predicted octanol–water partition coefficient (Wildman–Crippen LogP) is 4.94. The number of rotatable bonds is 5. The van der Waals surface area contributed by atoms with E-state index in [0.29, 0.717) is 5.02 Å². The van der Waals surface area contributed by atoms with Crippen molar-refractivity contribution in [3.63, 3.8) is 0 Å². The van der Waals surface area contributed by atoms with E-state index in [9.17, 15) is 0 Å². The molecule has 1 aromatic heterocycles. The highest BCUT2D eigenvalue weighted by atomic mass is 79.9. The van der Waals surface area contributed by atoms with Gasteiger partial charge in [-0.1, -0.05) is 38.9 Å². The highest BCUT2D eigenvalue weighted by Gasteiger charge is 2.11.